The van der Waals surface area contributed by atoms with E-state index < -0.39 is 0 Å². The Bertz CT molecular complexity index is 539. The van der Waals surface area contributed by atoms with Gasteiger partial charge in [-0.1, -0.05) is 45.9 Å². The molecule has 1 aromatic carbocycles. The largest absolute Gasteiger partial charge is 0.340 e. The average Bonchev–Trinajstić information content (AvgIpc) is 2.52. The molecule has 1 aliphatic rings. The number of amides is 1. The molecule has 3 nitrogen and oxygen atoms in total. The van der Waals surface area contributed by atoms with Crippen LogP contribution in [0, 0.1) is 6.92 Å². The molecular formula is C20H32N2O. The molecule has 0 aromatic heterocycles. The summed E-state index contributed by atoms with van der Waals surface area (Å²) in [5.41, 5.74) is 4.28. The Hall–Kier alpha value is -1.35. The maximum atomic E-state index is 12.3. The first-order valence-corrected chi connectivity index (χ1v) is 8.88. The zero-order chi connectivity index (χ0) is 17.0. The molecule has 1 amide bonds. The molecule has 1 unspecified atom stereocenters. The van der Waals surface area contributed by atoms with Crippen molar-refractivity contribution >= 4 is 5.91 Å². The van der Waals surface area contributed by atoms with Gasteiger partial charge in [0.1, 0.15) is 0 Å². The van der Waals surface area contributed by atoms with Gasteiger partial charge in [-0.2, -0.15) is 0 Å². The second-order valence-corrected chi connectivity index (χ2v) is 7.89. The zero-order valence-electron chi connectivity index (χ0n) is 15.4. The fourth-order valence-electron chi connectivity index (χ4n) is 3.33. The Morgan fingerprint density at radius 2 is 1.91 bits per heavy atom. The van der Waals surface area contributed by atoms with Gasteiger partial charge in [0.15, 0.2) is 0 Å². The summed E-state index contributed by atoms with van der Waals surface area (Å²) in [6.07, 6.45) is 1.58. The molecule has 0 radical (unpaired) electrons. The Morgan fingerprint density at radius 1 is 1.26 bits per heavy atom. The summed E-state index contributed by atoms with van der Waals surface area (Å²) >= 11 is 0. The van der Waals surface area contributed by atoms with Crippen LogP contribution in [0.5, 0.6) is 0 Å². The Morgan fingerprint density at radius 3 is 2.52 bits per heavy atom. The van der Waals surface area contributed by atoms with Crippen molar-refractivity contribution in [1.29, 1.82) is 0 Å². The molecule has 0 spiro atoms. The van der Waals surface area contributed by atoms with Gasteiger partial charge in [0.2, 0.25) is 5.91 Å². The zero-order valence-corrected chi connectivity index (χ0v) is 15.4. The fourth-order valence-corrected chi connectivity index (χ4v) is 3.33. The van der Waals surface area contributed by atoms with E-state index in [1.807, 2.05) is 4.90 Å². The van der Waals surface area contributed by atoms with Crippen LogP contribution in [0.3, 0.4) is 0 Å². The van der Waals surface area contributed by atoms with Crippen LogP contribution in [0.2, 0.25) is 0 Å². The van der Waals surface area contributed by atoms with Crippen molar-refractivity contribution in [2.24, 2.45) is 0 Å². The molecule has 1 fully saturated rings. The highest BCUT2D eigenvalue weighted by atomic mass is 16.2. The summed E-state index contributed by atoms with van der Waals surface area (Å²) in [5, 5.41) is 3.29. The number of aryl methyl sites for hydroxylation is 1. The first-order chi connectivity index (χ1) is 10.8. The van der Waals surface area contributed by atoms with Crippen LogP contribution >= 0.6 is 0 Å². The number of rotatable bonds is 4. The first-order valence-electron chi connectivity index (χ1n) is 8.88. The van der Waals surface area contributed by atoms with Crippen LogP contribution in [0.25, 0.3) is 0 Å². The average molecular weight is 316 g/mol. The van der Waals surface area contributed by atoms with Crippen molar-refractivity contribution < 1.29 is 4.79 Å². The number of piperazine rings is 1. The molecule has 1 atom stereocenters. The predicted octanol–water partition coefficient (Wildman–Crippen LogP) is 3.61. The van der Waals surface area contributed by atoms with Gasteiger partial charge in [-0.3, -0.25) is 4.79 Å². The lowest BCUT2D eigenvalue weighted by Gasteiger charge is -2.28. The lowest BCUT2D eigenvalue weighted by Crippen LogP contribution is -2.46. The van der Waals surface area contributed by atoms with E-state index in [1.54, 1.807) is 0 Å². The monoisotopic (exact) mass is 316 g/mol. The summed E-state index contributed by atoms with van der Waals surface area (Å²) in [7, 11) is 0. The smallest absolute Gasteiger partial charge is 0.222 e. The molecule has 23 heavy (non-hydrogen) atoms. The molecule has 1 aromatic rings. The molecular weight excluding hydrogens is 284 g/mol. The van der Waals surface area contributed by atoms with Gasteiger partial charge in [0.05, 0.1) is 0 Å². The number of hydrogen-bond acceptors (Lipinski definition) is 2. The second kappa shape index (κ2) is 7.48. The van der Waals surface area contributed by atoms with Crippen LogP contribution in [-0.4, -0.2) is 37.0 Å². The van der Waals surface area contributed by atoms with Crippen molar-refractivity contribution in [3.63, 3.8) is 0 Å². The van der Waals surface area contributed by atoms with E-state index in [0.29, 0.717) is 18.2 Å². The van der Waals surface area contributed by atoms with Crippen molar-refractivity contribution in [2.75, 3.05) is 26.2 Å². The minimum absolute atomic E-state index is 0.163. The molecule has 0 aliphatic carbocycles. The molecule has 1 saturated heterocycles. The molecule has 3 heteroatoms. The van der Waals surface area contributed by atoms with E-state index >= 15 is 0 Å². The van der Waals surface area contributed by atoms with Crippen molar-refractivity contribution in [3.8, 4) is 0 Å². The highest BCUT2D eigenvalue weighted by Crippen LogP contribution is 2.30. The molecule has 1 N–H and O–H groups in total. The SMILES string of the molecule is Cc1ccc(C(C)CCC(=O)N2CCNCC2)cc1C(C)(C)C. The maximum Gasteiger partial charge on any atom is 0.222 e. The Balaban J connectivity index is 1.98. The third-order valence-electron chi connectivity index (χ3n) is 4.90. The minimum Gasteiger partial charge on any atom is -0.340 e. The normalized spacial score (nSPS) is 17.2. The number of benzene rings is 1. The van der Waals surface area contributed by atoms with Crippen LogP contribution in [0.1, 0.15) is 63.1 Å². The van der Waals surface area contributed by atoms with Gasteiger partial charge >= 0.3 is 0 Å². The molecule has 0 bridgehead atoms. The van der Waals surface area contributed by atoms with Gasteiger partial charge in [-0.15, -0.1) is 0 Å². The molecule has 2 rings (SSSR count). The van der Waals surface area contributed by atoms with Crippen molar-refractivity contribution in [2.45, 2.75) is 58.8 Å². The van der Waals surface area contributed by atoms with E-state index in [4.69, 9.17) is 0 Å². The van der Waals surface area contributed by atoms with E-state index in [0.717, 1.165) is 32.6 Å². The summed E-state index contributed by atoms with van der Waals surface area (Å²) in [6, 6.07) is 6.80. The van der Waals surface area contributed by atoms with Crippen molar-refractivity contribution in [3.05, 3.63) is 34.9 Å². The summed E-state index contributed by atoms with van der Waals surface area (Å²) in [5.74, 6) is 0.727. The Labute approximate surface area is 141 Å². The molecule has 128 valence electrons. The number of nitrogens with one attached hydrogen (secondary N) is 1. The minimum atomic E-state index is 0.163. The quantitative estimate of drug-likeness (QED) is 0.920. The van der Waals surface area contributed by atoms with Gasteiger partial charge in [-0.05, 0) is 41.4 Å². The van der Waals surface area contributed by atoms with E-state index in [2.05, 4.69) is 58.1 Å². The highest BCUT2D eigenvalue weighted by Gasteiger charge is 2.20. The summed E-state index contributed by atoms with van der Waals surface area (Å²) < 4.78 is 0. The van der Waals surface area contributed by atoms with E-state index in [9.17, 15) is 4.79 Å². The second-order valence-electron chi connectivity index (χ2n) is 7.89. The van der Waals surface area contributed by atoms with E-state index in [1.165, 1.54) is 16.7 Å². The van der Waals surface area contributed by atoms with Gasteiger partial charge in [-0.25, -0.2) is 0 Å². The summed E-state index contributed by atoms with van der Waals surface area (Å²) in [4.78, 5) is 14.3. The lowest BCUT2D eigenvalue weighted by molar-refractivity contribution is -0.131. The van der Waals surface area contributed by atoms with Crippen LogP contribution in [0.15, 0.2) is 18.2 Å². The number of carbonyl (C=O) groups excluding carboxylic acids is 1. The van der Waals surface area contributed by atoms with Crippen LogP contribution in [-0.2, 0) is 10.2 Å². The number of hydrogen-bond donors (Lipinski definition) is 1. The third-order valence-corrected chi connectivity index (χ3v) is 4.90. The topological polar surface area (TPSA) is 32.3 Å². The third kappa shape index (κ3) is 4.81. The Kier molecular flexibility index (Phi) is 5.85. The van der Waals surface area contributed by atoms with Gasteiger partial charge in [0.25, 0.3) is 0 Å². The van der Waals surface area contributed by atoms with Crippen LogP contribution in [0.4, 0.5) is 0 Å². The maximum absolute atomic E-state index is 12.3. The predicted molar refractivity (Wildman–Crippen MR) is 97.0 cm³/mol. The molecule has 1 aliphatic heterocycles. The van der Waals surface area contributed by atoms with Gasteiger partial charge in [0, 0.05) is 32.6 Å². The van der Waals surface area contributed by atoms with Crippen LogP contribution < -0.4 is 5.32 Å². The first kappa shape index (κ1) is 18.0. The fraction of sp³-hybridized carbons (Fsp3) is 0.650. The molecule has 1 heterocycles. The highest BCUT2D eigenvalue weighted by molar-refractivity contribution is 5.76. The summed E-state index contributed by atoms with van der Waals surface area (Å²) in [6.45, 7) is 14.8. The standard InChI is InChI=1S/C20H32N2O/c1-15(7-9-19(23)22-12-10-21-11-13-22)17-8-6-16(2)18(14-17)20(3,4)5/h6,8,14-15,21H,7,9-13H2,1-5H3. The van der Waals surface area contributed by atoms with E-state index in [-0.39, 0.29) is 5.41 Å². The van der Waals surface area contributed by atoms with Crippen molar-refractivity contribution in [1.82, 2.24) is 10.2 Å². The van der Waals surface area contributed by atoms with Gasteiger partial charge < -0.3 is 10.2 Å². The molecule has 0 saturated carbocycles. The lowest BCUT2D eigenvalue weighted by atomic mass is 9.81. The number of carbonyl (C=O) groups is 1. The number of nitrogens with zero attached hydrogens (tertiary/aromatic N) is 1.